The van der Waals surface area contributed by atoms with Gasteiger partial charge in [0, 0.05) is 37.2 Å². The van der Waals surface area contributed by atoms with Gasteiger partial charge in [-0.15, -0.1) is 0 Å². The molecule has 2 heterocycles. The summed E-state index contributed by atoms with van der Waals surface area (Å²) in [5.41, 5.74) is 4.08. The van der Waals surface area contributed by atoms with Crippen molar-refractivity contribution in [2.24, 2.45) is 0 Å². The molecule has 1 saturated heterocycles. The lowest BCUT2D eigenvalue weighted by Crippen LogP contribution is -2.45. The van der Waals surface area contributed by atoms with Crippen LogP contribution >= 0.6 is 0 Å². The van der Waals surface area contributed by atoms with Gasteiger partial charge >= 0.3 is 0 Å². The van der Waals surface area contributed by atoms with E-state index in [0.717, 1.165) is 41.9 Å². The number of nitrogens with zero attached hydrogens (tertiary/aromatic N) is 1. The Morgan fingerprint density at radius 3 is 2.92 bits per heavy atom. The molecule has 0 saturated carbocycles. The van der Waals surface area contributed by atoms with E-state index in [4.69, 9.17) is 9.15 Å². The maximum atomic E-state index is 5.61. The predicted octanol–water partition coefficient (Wildman–Crippen LogP) is 3.73. The van der Waals surface area contributed by atoms with Crippen molar-refractivity contribution < 1.29 is 9.15 Å². The molecule has 1 aliphatic rings. The average Bonchev–Trinajstić information content (AvgIpc) is 3.05. The Bertz CT molecular complexity index is 876. The molecule has 1 fully saturated rings. The summed E-state index contributed by atoms with van der Waals surface area (Å²) >= 11 is 0. The zero-order chi connectivity index (χ0) is 17.9. The molecule has 4 rings (SSSR count). The molecule has 0 unspecified atom stereocenters. The molecular weight excluding hydrogens is 326 g/mol. The normalized spacial score (nSPS) is 20.4. The number of benzene rings is 2. The van der Waals surface area contributed by atoms with Crippen molar-refractivity contribution in [3.8, 4) is 5.75 Å². The molecule has 3 aromatic rings. The molecule has 1 aromatic heterocycles. The van der Waals surface area contributed by atoms with E-state index in [-0.39, 0.29) is 0 Å². The van der Waals surface area contributed by atoms with Crippen LogP contribution in [0.2, 0.25) is 0 Å². The van der Waals surface area contributed by atoms with Crippen LogP contribution in [0.5, 0.6) is 5.75 Å². The predicted molar refractivity (Wildman–Crippen MR) is 102 cm³/mol. The SMILES string of the molecule is COc1cc2oc(C)nc2cc1CN[C@H]1CCCN[C@H]1c1ccccc1. The molecule has 5 heteroatoms. The van der Waals surface area contributed by atoms with Crippen molar-refractivity contribution in [1.29, 1.82) is 0 Å². The van der Waals surface area contributed by atoms with Crippen LogP contribution in [0.3, 0.4) is 0 Å². The quantitative estimate of drug-likeness (QED) is 0.733. The maximum absolute atomic E-state index is 5.61. The lowest BCUT2D eigenvalue weighted by molar-refractivity contribution is 0.303. The van der Waals surface area contributed by atoms with Gasteiger partial charge in [-0.3, -0.25) is 0 Å². The van der Waals surface area contributed by atoms with Gasteiger partial charge in [0.1, 0.15) is 11.3 Å². The third kappa shape index (κ3) is 3.45. The van der Waals surface area contributed by atoms with E-state index in [1.54, 1.807) is 7.11 Å². The van der Waals surface area contributed by atoms with Crippen LogP contribution in [0.25, 0.3) is 11.1 Å². The van der Waals surface area contributed by atoms with Crippen LogP contribution in [0, 0.1) is 6.92 Å². The fourth-order valence-corrected chi connectivity index (χ4v) is 3.80. The zero-order valence-corrected chi connectivity index (χ0v) is 15.3. The van der Waals surface area contributed by atoms with E-state index in [1.807, 2.05) is 13.0 Å². The van der Waals surface area contributed by atoms with E-state index in [1.165, 1.54) is 12.0 Å². The summed E-state index contributed by atoms with van der Waals surface area (Å²) in [7, 11) is 1.70. The van der Waals surface area contributed by atoms with E-state index in [0.29, 0.717) is 18.0 Å². The first-order valence-corrected chi connectivity index (χ1v) is 9.20. The van der Waals surface area contributed by atoms with Gasteiger partial charge in [-0.05, 0) is 31.0 Å². The number of rotatable bonds is 5. The van der Waals surface area contributed by atoms with Crippen LogP contribution < -0.4 is 15.4 Å². The molecule has 5 nitrogen and oxygen atoms in total. The van der Waals surface area contributed by atoms with Crippen LogP contribution in [0.1, 0.15) is 35.9 Å². The number of hydrogen-bond acceptors (Lipinski definition) is 5. The number of nitrogens with one attached hydrogen (secondary N) is 2. The first-order chi connectivity index (χ1) is 12.7. The second-order valence-electron chi connectivity index (χ2n) is 6.84. The molecule has 0 radical (unpaired) electrons. The fraction of sp³-hybridized carbons (Fsp3) is 0.381. The van der Waals surface area contributed by atoms with Crippen LogP contribution in [-0.4, -0.2) is 24.7 Å². The Morgan fingerprint density at radius 2 is 2.12 bits per heavy atom. The summed E-state index contributed by atoms with van der Waals surface area (Å²) in [6.45, 7) is 3.66. The monoisotopic (exact) mass is 351 g/mol. The molecule has 2 atom stereocenters. The Morgan fingerprint density at radius 1 is 1.27 bits per heavy atom. The number of piperidine rings is 1. The number of aromatic nitrogens is 1. The van der Waals surface area contributed by atoms with Crippen LogP contribution in [0.4, 0.5) is 0 Å². The van der Waals surface area contributed by atoms with Crippen molar-refractivity contribution in [3.05, 3.63) is 59.5 Å². The average molecular weight is 351 g/mol. The molecule has 0 amide bonds. The molecule has 0 bridgehead atoms. The molecular formula is C21H25N3O2. The van der Waals surface area contributed by atoms with Gasteiger partial charge in [-0.2, -0.15) is 0 Å². The van der Waals surface area contributed by atoms with E-state index < -0.39 is 0 Å². The van der Waals surface area contributed by atoms with Crippen LogP contribution in [0.15, 0.2) is 46.9 Å². The molecule has 26 heavy (non-hydrogen) atoms. The van der Waals surface area contributed by atoms with Gasteiger partial charge in [-0.1, -0.05) is 30.3 Å². The third-order valence-corrected chi connectivity index (χ3v) is 5.07. The fourth-order valence-electron chi connectivity index (χ4n) is 3.80. The highest BCUT2D eigenvalue weighted by molar-refractivity contribution is 5.76. The van der Waals surface area contributed by atoms with Crippen molar-refractivity contribution >= 4 is 11.1 Å². The topological polar surface area (TPSA) is 59.3 Å². The highest BCUT2D eigenvalue weighted by Crippen LogP contribution is 2.28. The van der Waals surface area contributed by atoms with Gasteiger partial charge in [0.05, 0.1) is 7.11 Å². The van der Waals surface area contributed by atoms with E-state index in [2.05, 4.69) is 52.0 Å². The Labute approximate surface area is 153 Å². The number of methoxy groups -OCH3 is 1. The van der Waals surface area contributed by atoms with Gasteiger partial charge in [0.25, 0.3) is 0 Å². The first-order valence-electron chi connectivity index (χ1n) is 9.20. The van der Waals surface area contributed by atoms with Gasteiger partial charge in [-0.25, -0.2) is 4.98 Å². The number of fused-ring (bicyclic) bond motifs is 1. The highest BCUT2D eigenvalue weighted by Gasteiger charge is 2.25. The second kappa shape index (κ2) is 7.48. The van der Waals surface area contributed by atoms with Gasteiger partial charge in [0.15, 0.2) is 11.5 Å². The van der Waals surface area contributed by atoms with Crippen LogP contribution in [-0.2, 0) is 6.54 Å². The molecule has 136 valence electrons. The van der Waals surface area contributed by atoms with E-state index in [9.17, 15) is 0 Å². The molecule has 1 aliphatic heterocycles. The summed E-state index contributed by atoms with van der Waals surface area (Å²) in [6.07, 6.45) is 2.33. The lowest BCUT2D eigenvalue weighted by Gasteiger charge is -2.34. The highest BCUT2D eigenvalue weighted by atomic mass is 16.5. The van der Waals surface area contributed by atoms with Crippen molar-refractivity contribution in [2.45, 2.75) is 38.4 Å². The number of aryl methyl sites for hydroxylation is 1. The second-order valence-corrected chi connectivity index (χ2v) is 6.84. The number of hydrogen-bond donors (Lipinski definition) is 2. The minimum Gasteiger partial charge on any atom is -0.496 e. The summed E-state index contributed by atoms with van der Waals surface area (Å²) in [6, 6.07) is 15.4. The third-order valence-electron chi connectivity index (χ3n) is 5.07. The minimum atomic E-state index is 0.328. The molecule has 2 N–H and O–H groups in total. The largest absolute Gasteiger partial charge is 0.496 e. The smallest absolute Gasteiger partial charge is 0.192 e. The van der Waals surface area contributed by atoms with Crippen molar-refractivity contribution in [1.82, 2.24) is 15.6 Å². The Hall–Kier alpha value is -2.37. The Kier molecular flexibility index (Phi) is 4.91. The minimum absolute atomic E-state index is 0.328. The maximum Gasteiger partial charge on any atom is 0.192 e. The van der Waals surface area contributed by atoms with Gasteiger partial charge in [0.2, 0.25) is 0 Å². The lowest BCUT2D eigenvalue weighted by atomic mass is 9.92. The summed E-state index contributed by atoms with van der Waals surface area (Å²) < 4.78 is 11.2. The summed E-state index contributed by atoms with van der Waals surface area (Å²) in [5.74, 6) is 1.51. The standard InChI is InChI=1S/C21H25N3O2/c1-14-24-18-11-16(19(25-2)12-20(18)26-14)13-23-17-9-6-10-22-21(17)15-7-4-3-5-8-15/h3-5,7-8,11-12,17,21-23H,6,9-10,13H2,1-2H3/t17-,21-/m0/s1. The van der Waals surface area contributed by atoms with Crippen molar-refractivity contribution in [2.75, 3.05) is 13.7 Å². The summed E-state index contributed by atoms with van der Waals surface area (Å²) in [5, 5.41) is 7.39. The Balaban J connectivity index is 1.54. The zero-order valence-electron chi connectivity index (χ0n) is 15.3. The van der Waals surface area contributed by atoms with Gasteiger partial charge < -0.3 is 19.8 Å². The first kappa shape index (κ1) is 17.1. The number of oxazole rings is 1. The molecule has 0 spiro atoms. The number of ether oxygens (including phenoxy) is 1. The van der Waals surface area contributed by atoms with Crippen molar-refractivity contribution in [3.63, 3.8) is 0 Å². The molecule has 2 aromatic carbocycles. The summed E-state index contributed by atoms with van der Waals surface area (Å²) in [4.78, 5) is 4.44. The molecule has 0 aliphatic carbocycles. The van der Waals surface area contributed by atoms with E-state index >= 15 is 0 Å².